The highest BCUT2D eigenvalue weighted by molar-refractivity contribution is 5.90. The summed E-state index contributed by atoms with van der Waals surface area (Å²) in [6.45, 7) is 0. The van der Waals surface area contributed by atoms with Crippen LogP contribution in [0.15, 0.2) is 84.2 Å². The Labute approximate surface area is 165 Å². The molecule has 148 valence electrons. The molecule has 0 N–H and O–H groups in total. The normalized spacial score (nSPS) is 19.1. The molecule has 1 saturated carbocycles. The fourth-order valence-electron chi connectivity index (χ4n) is 3.34. The van der Waals surface area contributed by atoms with E-state index in [4.69, 9.17) is 0 Å². The Hall–Kier alpha value is -3.35. The Balaban J connectivity index is 1.41. The fraction of sp³-hybridized carbons (Fsp3) is 0.182. The largest absolute Gasteiger partial charge is 0.854 e. The predicted octanol–water partition coefficient (Wildman–Crippen LogP) is 3.71. The standard InChI is InChI=1S/C22H17F3N2O2/c23-22(24,25)29-18-10-8-16(9-11-18)20-14-19(20)15-4-6-17(7-5-15)21(28)26-27-12-2-1-3-13-27/h1-13,19-20H,14H2. The molecule has 0 radical (unpaired) electrons. The van der Waals surface area contributed by atoms with Crippen LogP contribution >= 0.6 is 0 Å². The van der Waals surface area contributed by atoms with E-state index < -0.39 is 6.36 Å². The van der Waals surface area contributed by atoms with Crippen LogP contribution in [0.5, 0.6) is 5.75 Å². The number of hydrogen-bond donors (Lipinski definition) is 0. The third-order valence-corrected chi connectivity index (χ3v) is 4.82. The Kier molecular flexibility index (Phi) is 4.96. The Bertz CT molecular complexity index is 1000. The number of aromatic nitrogens is 1. The van der Waals surface area contributed by atoms with Gasteiger partial charge < -0.3 is 9.84 Å². The van der Waals surface area contributed by atoms with Crippen LogP contribution in [0, 0.1) is 0 Å². The van der Waals surface area contributed by atoms with Crippen molar-refractivity contribution in [1.82, 2.24) is 0 Å². The summed E-state index contributed by atoms with van der Waals surface area (Å²) in [6.07, 6.45) is -0.400. The minimum atomic E-state index is -4.69. The van der Waals surface area contributed by atoms with Crippen molar-refractivity contribution in [2.75, 3.05) is 0 Å². The van der Waals surface area contributed by atoms with E-state index in [-0.39, 0.29) is 23.5 Å². The molecule has 1 fully saturated rings. The first kappa shape index (κ1) is 19.0. The molecule has 7 heteroatoms. The van der Waals surface area contributed by atoms with E-state index in [1.807, 2.05) is 18.2 Å². The lowest BCUT2D eigenvalue weighted by Crippen LogP contribution is -2.33. The van der Waals surface area contributed by atoms with Gasteiger partial charge in [0.1, 0.15) is 5.75 Å². The first-order chi connectivity index (χ1) is 13.9. The van der Waals surface area contributed by atoms with Gasteiger partial charge in [0.2, 0.25) is 12.4 Å². The zero-order valence-electron chi connectivity index (χ0n) is 15.2. The highest BCUT2D eigenvalue weighted by atomic mass is 19.4. The molecule has 1 aromatic heterocycles. The SMILES string of the molecule is [O-]C(=N[n+]1ccccc1)c1ccc(C2CC2c2ccc(OC(F)(F)F)cc2)cc1. The topological polar surface area (TPSA) is 48.5 Å². The van der Waals surface area contributed by atoms with Crippen LogP contribution in [0.25, 0.3) is 0 Å². The first-order valence-corrected chi connectivity index (χ1v) is 9.07. The fourth-order valence-corrected chi connectivity index (χ4v) is 3.34. The molecule has 2 aromatic carbocycles. The van der Waals surface area contributed by atoms with Crippen molar-refractivity contribution in [3.63, 3.8) is 0 Å². The van der Waals surface area contributed by atoms with Crippen LogP contribution in [-0.2, 0) is 0 Å². The maximum absolute atomic E-state index is 12.3. The molecule has 4 nitrogen and oxygen atoms in total. The number of halogens is 3. The van der Waals surface area contributed by atoms with Crippen molar-refractivity contribution in [3.05, 3.63) is 95.8 Å². The molecule has 0 spiro atoms. The summed E-state index contributed by atoms with van der Waals surface area (Å²) in [5.74, 6) is -0.0169. The zero-order chi connectivity index (χ0) is 20.4. The number of benzene rings is 2. The number of alkyl halides is 3. The molecule has 2 atom stereocenters. The minimum Gasteiger partial charge on any atom is -0.854 e. The molecular weight excluding hydrogens is 381 g/mol. The Morgan fingerprint density at radius 2 is 1.45 bits per heavy atom. The molecule has 0 aliphatic heterocycles. The molecule has 3 aromatic rings. The van der Waals surface area contributed by atoms with E-state index in [9.17, 15) is 18.3 Å². The van der Waals surface area contributed by atoms with Gasteiger partial charge in [0.15, 0.2) is 0 Å². The van der Waals surface area contributed by atoms with Crippen molar-refractivity contribution >= 4 is 5.90 Å². The van der Waals surface area contributed by atoms with Gasteiger partial charge in [-0.25, -0.2) is 0 Å². The highest BCUT2D eigenvalue weighted by Gasteiger charge is 2.39. The van der Waals surface area contributed by atoms with Crippen LogP contribution in [0.4, 0.5) is 13.2 Å². The molecule has 0 amide bonds. The molecule has 1 heterocycles. The summed E-state index contributed by atoms with van der Waals surface area (Å²) >= 11 is 0. The van der Waals surface area contributed by atoms with Gasteiger partial charge in [0, 0.05) is 12.1 Å². The van der Waals surface area contributed by atoms with Crippen molar-refractivity contribution in [3.8, 4) is 5.75 Å². The molecule has 1 aliphatic carbocycles. The second-order valence-corrected chi connectivity index (χ2v) is 6.85. The third kappa shape index (κ3) is 4.74. The van der Waals surface area contributed by atoms with Crippen LogP contribution in [0.1, 0.15) is 34.9 Å². The van der Waals surface area contributed by atoms with Gasteiger partial charge in [-0.05, 0) is 52.2 Å². The highest BCUT2D eigenvalue weighted by Crippen LogP contribution is 2.54. The van der Waals surface area contributed by atoms with Gasteiger partial charge in [-0.3, -0.25) is 0 Å². The number of nitrogens with zero attached hydrogens (tertiary/aromatic N) is 2. The molecule has 2 unspecified atom stereocenters. The van der Waals surface area contributed by atoms with E-state index in [1.165, 1.54) is 16.8 Å². The average Bonchev–Trinajstić information content (AvgIpc) is 3.49. The van der Waals surface area contributed by atoms with E-state index >= 15 is 0 Å². The van der Waals surface area contributed by atoms with Gasteiger partial charge in [-0.2, -0.15) is 0 Å². The van der Waals surface area contributed by atoms with Gasteiger partial charge in [-0.1, -0.05) is 47.1 Å². The van der Waals surface area contributed by atoms with Crippen molar-refractivity contribution < 1.29 is 27.7 Å². The summed E-state index contributed by atoms with van der Waals surface area (Å²) in [7, 11) is 0. The molecule has 4 rings (SSSR count). The third-order valence-electron chi connectivity index (χ3n) is 4.82. The smallest absolute Gasteiger partial charge is 0.573 e. The molecule has 1 aliphatic rings. The lowest BCUT2D eigenvalue weighted by atomic mass is 10.0. The van der Waals surface area contributed by atoms with Crippen LogP contribution < -0.4 is 14.5 Å². The van der Waals surface area contributed by atoms with Crippen LogP contribution in [0.2, 0.25) is 0 Å². The van der Waals surface area contributed by atoms with E-state index in [0.29, 0.717) is 5.56 Å². The number of ether oxygens (including phenoxy) is 1. The maximum Gasteiger partial charge on any atom is 0.573 e. The number of hydrogen-bond acceptors (Lipinski definition) is 3. The Morgan fingerprint density at radius 3 is 2.00 bits per heavy atom. The van der Waals surface area contributed by atoms with Gasteiger partial charge in [-0.15, -0.1) is 13.2 Å². The molecular formula is C22H17F3N2O2. The number of pyridine rings is 1. The Morgan fingerprint density at radius 1 is 0.897 bits per heavy atom. The summed E-state index contributed by atoms with van der Waals surface area (Å²) < 4.78 is 42.1. The first-order valence-electron chi connectivity index (χ1n) is 9.07. The van der Waals surface area contributed by atoms with Gasteiger partial charge in [0.05, 0.1) is 5.90 Å². The van der Waals surface area contributed by atoms with Crippen molar-refractivity contribution in [2.24, 2.45) is 5.10 Å². The number of rotatable bonds is 5. The van der Waals surface area contributed by atoms with Crippen LogP contribution in [-0.4, -0.2) is 12.3 Å². The second kappa shape index (κ2) is 7.58. The van der Waals surface area contributed by atoms with Crippen molar-refractivity contribution in [1.29, 1.82) is 0 Å². The average molecular weight is 398 g/mol. The van der Waals surface area contributed by atoms with Crippen molar-refractivity contribution in [2.45, 2.75) is 24.6 Å². The summed E-state index contributed by atoms with van der Waals surface area (Å²) in [5.41, 5.74) is 2.56. The lowest BCUT2D eigenvalue weighted by Gasteiger charge is -2.10. The van der Waals surface area contributed by atoms with Gasteiger partial charge >= 0.3 is 6.36 Å². The van der Waals surface area contributed by atoms with E-state index in [0.717, 1.165) is 17.5 Å². The summed E-state index contributed by atoms with van der Waals surface area (Å²) in [4.78, 5) is 0. The summed E-state index contributed by atoms with van der Waals surface area (Å²) in [5, 5.41) is 16.2. The monoisotopic (exact) mass is 398 g/mol. The van der Waals surface area contributed by atoms with Gasteiger partial charge in [0.25, 0.3) is 0 Å². The quantitative estimate of drug-likeness (QED) is 0.374. The van der Waals surface area contributed by atoms with Crippen LogP contribution in [0.3, 0.4) is 0 Å². The second-order valence-electron chi connectivity index (χ2n) is 6.85. The molecule has 29 heavy (non-hydrogen) atoms. The van der Waals surface area contributed by atoms with E-state index in [1.54, 1.807) is 48.8 Å². The predicted molar refractivity (Wildman–Crippen MR) is 98.2 cm³/mol. The molecule has 0 saturated heterocycles. The lowest BCUT2D eigenvalue weighted by molar-refractivity contribution is -0.681. The molecule has 0 bridgehead atoms. The minimum absolute atomic E-state index is 0.221. The van der Waals surface area contributed by atoms with E-state index in [2.05, 4.69) is 9.84 Å². The maximum atomic E-state index is 12.3. The summed E-state index contributed by atoms with van der Waals surface area (Å²) in [6, 6.07) is 18.7. The zero-order valence-corrected chi connectivity index (χ0v) is 15.2.